The summed E-state index contributed by atoms with van der Waals surface area (Å²) < 4.78 is 5.59. The number of hydrogen-bond donors (Lipinski definition) is 3. The number of amides is 1. The first-order valence-corrected chi connectivity index (χ1v) is 9.71. The number of rotatable bonds is 10. The van der Waals surface area contributed by atoms with Crippen LogP contribution >= 0.6 is 0 Å². The summed E-state index contributed by atoms with van der Waals surface area (Å²) in [6.07, 6.45) is 6.18. The zero-order valence-electron chi connectivity index (χ0n) is 16.8. The molecule has 146 valence electrons. The Kier molecular flexibility index (Phi) is 9.25. The zero-order valence-corrected chi connectivity index (χ0v) is 16.8. The van der Waals surface area contributed by atoms with Crippen LogP contribution in [0.3, 0.4) is 0 Å². The van der Waals surface area contributed by atoms with Crippen LogP contribution in [-0.4, -0.2) is 51.8 Å². The highest BCUT2D eigenvalue weighted by molar-refractivity contribution is 5.83. The maximum Gasteiger partial charge on any atom is 0.227 e. The van der Waals surface area contributed by atoms with Crippen molar-refractivity contribution in [3.63, 3.8) is 0 Å². The molecule has 1 aliphatic rings. The lowest BCUT2D eigenvalue weighted by molar-refractivity contribution is -0.128. The van der Waals surface area contributed by atoms with Gasteiger partial charge in [-0.05, 0) is 52.4 Å². The fourth-order valence-electron chi connectivity index (χ4n) is 3.37. The van der Waals surface area contributed by atoms with Crippen molar-refractivity contribution in [2.75, 3.05) is 39.9 Å². The summed E-state index contributed by atoms with van der Waals surface area (Å²) in [6.45, 7) is 11.7. The maximum atomic E-state index is 11.9. The lowest BCUT2D eigenvalue weighted by Crippen LogP contribution is -2.44. The van der Waals surface area contributed by atoms with E-state index in [0.717, 1.165) is 38.7 Å². The molecule has 0 aromatic carbocycles. The van der Waals surface area contributed by atoms with Crippen LogP contribution in [0, 0.1) is 10.8 Å². The summed E-state index contributed by atoms with van der Waals surface area (Å²) in [6, 6.07) is 0. The maximum absolute atomic E-state index is 11.9. The van der Waals surface area contributed by atoms with Crippen molar-refractivity contribution in [2.45, 2.75) is 59.8 Å². The Morgan fingerprint density at radius 2 is 1.88 bits per heavy atom. The molecule has 0 bridgehead atoms. The molecule has 0 aromatic rings. The molecule has 6 heteroatoms. The fraction of sp³-hybridized carbons (Fsp3) is 0.895. The molecule has 3 N–H and O–H groups in total. The van der Waals surface area contributed by atoms with E-state index in [-0.39, 0.29) is 5.91 Å². The second-order valence-corrected chi connectivity index (χ2v) is 7.67. The highest BCUT2D eigenvalue weighted by Crippen LogP contribution is 2.40. The van der Waals surface area contributed by atoms with E-state index in [1.165, 1.54) is 25.7 Å². The van der Waals surface area contributed by atoms with Gasteiger partial charge in [-0.25, -0.2) is 0 Å². The Morgan fingerprint density at radius 1 is 1.20 bits per heavy atom. The number of nitrogens with one attached hydrogen (secondary N) is 3. The van der Waals surface area contributed by atoms with Gasteiger partial charge >= 0.3 is 0 Å². The van der Waals surface area contributed by atoms with Gasteiger partial charge in [0.25, 0.3) is 0 Å². The number of hydrogen-bond acceptors (Lipinski definition) is 3. The minimum absolute atomic E-state index is 0.0103. The predicted octanol–water partition coefficient (Wildman–Crippen LogP) is 2.30. The molecule has 0 spiro atoms. The molecule has 0 aliphatic heterocycles. The first-order valence-electron chi connectivity index (χ1n) is 9.71. The molecule has 0 saturated heterocycles. The summed E-state index contributed by atoms with van der Waals surface area (Å²) in [7, 11) is 1.67. The molecule has 0 radical (unpaired) electrons. The highest BCUT2D eigenvalue weighted by Gasteiger charge is 2.33. The first kappa shape index (κ1) is 21.7. The monoisotopic (exact) mass is 354 g/mol. The number of nitrogens with zero attached hydrogens (tertiary/aromatic N) is 1. The van der Waals surface area contributed by atoms with Crippen LogP contribution in [0.2, 0.25) is 0 Å². The summed E-state index contributed by atoms with van der Waals surface area (Å²) in [5.41, 5.74) is -0.210. The van der Waals surface area contributed by atoms with Gasteiger partial charge < -0.3 is 20.7 Å². The van der Waals surface area contributed by atoms with Crippen molar-refractivity contribution >= 4 is 11.9 Å². The van der Waals surface area contributed by atoms with Crippen LogP contribution in [0.5, 0.6) is 0 Å². The predicted molar refractivity (Wildman–Crippen MR) is 104 cm³/mol. The lowest BCUT2D eigenvalue weighted by atomic mass is 9.83. The minimum atomic E-state index is -0.517. The Morgan fingerprint density at radius 3 is 2.44 bits per heavy atom. The van der Waals surface area contributed by atoms with Crippen molar-refractivity contribution in [1.82, 2.24) is 16.0 Å². The summed E-state index contributed by atoms with van der Waals surface area (Å²) >= 11 is 0. The smallest absolute Gasteiger partial charge is 0.227 e. The van der Waals surface area contributed by atoms with Crippen molar-refractivity contribution in [2.24, 2.45) is 15.8 Å². The van der Waals surface area contributed by atoms with Gasteiger partial charge in [0.1, 0.15) is 0 Å². The van der Waals surface area contributed by atoms with Crippen LogP contribution in [0.4, 0.5) is 0 Å². The van der Waals surface area contributed by atoms with Crippen LogP contribution in [0.25, 0.3) is 0 Å². The molecule has 6 nitrogen and oxygen atoms in total. The third-order valence-electron chi connectivity index (χ3n) is 5.09. The SMILES string of the molecule is CCNC(=NCC(C)(C)C(=O)NC)NCC1(CCOCC)CCCC1. The minimum Gasteiger partial charge on any atom is -0.382 e. The van der Waals surface area contributed by atoms with E-state index < -0.39 is 5.41 Å². The second kappa shape index (κ2) is 10.6. The third kappa shape index (κ3) is 7.22. The molecule has 1 rings (SSSR count). The molecule has 1 saturated carbocycles. The molecular weight excluding hydrogens is 316 g/mol. The Balaban J connectivity index is 2.66. The van der Waals surface area contributed by atoms with E-state index in [4.69, 9.17) is 4.74 Å². The van der Waals surface area contributed by atoms with E-state index in [0.29, 0.717) is 12.0 Å². The Bertz CT molecular complexity index is 429. The molecule has 0 aromatic heterocycles. The van der Waals surface area contributed by atoms with E-state index in [1.54, 1.807) is 7.05 Å². The number of guanidine groups is 1. The zero-order chi connectivity index (χ0) is 18.8. The Labute approximate surface area is 153 Å². The summed E-state index contributed by atoms with van der Waals surface area (Å²) in [4.78, 5) is 16.6. The van der Waals surface area contributed by atoms with Crippen molar-refractivity contribution < 1.29 is 9.53 Å². The molecule has 1 aliphatic carbocycles. The summed E-state index contributed by atoms with van der Waals surface area (Å²) in [5.74, 6) is 0.804. The van der Waals surface area contributed by atoms with Crippen LogP contribution in [0.15, 0.2) is 4.99 Å². The van der Waals surface area contributed by atoms with Gasteiger partial charge in [-0.15, -0.1) is 0 Å². The van der Waals surface area contributed by atoms with Gasteiger partial charge in [0.05, 0.1) is 12.0 Å². The first-order chi connectivity index (χ1) is 11.9. The molecule has 0 heterocycles. The topological polar surface area (TPSA) is 74.8 Å². The average Bonchev–Trinajstić information content (AvgIpc) is 3.06. The second-order valence-electron chi connectivity index (χ2n) is 7.67. The third-order valence-corrected chi connectivity index (χ3v) is 5.09. The number of aliphatic imine (C=N–C) groups is 1. The van der Waals surface area contributed by atoms with Crippen LogP contribution in [0.1, 0.15) is 59.8 Å². The molecule has 1 fully saturated rings. The van der Waals surface area contributed by atoms with Crippen molar-refractivity contribution in [3.05, 3.63) is 0 Å². The van der Waals surface area contributed by atoms with Gasteiger partial charge in [-0.1, -0.05) is 12.8 Å². The van der Waals surface area contributed by atoms with Gasteiger partial charge in [-0.2, -0.15) is 0 Å². The van der Waals surface area contributed by atoms with Crippen LogP contribution < -0.4 is 16.0 Å². The van der Waals surface area contributed by atoms with E-state index in [2.05, 4.69) is 27.9 Å². The average molecular weight is 355 g/mol. The van der Waals surface area contributed by atoms with E-state index >= 15 is 0 Å². The number of carbonyl (C=O) groups excluding carboxylic acids is 1. The largest absolute Gasteiger partial charge is 0.382 e. The fourth-order valence-corrected chi connectivity index (χ4v) is 3.37. The van der Waals surface area contributed by atoms with Gasteiger partial charge in [0, 0.05) is 33.4 Å². The molecule has 0 atom stereocenters. The van der Waals surface area contributed by atoms with E-state index in [9.17, 15) is 4.79 Å². The molecule has 1 amide bonds. The van der Waals surface area contributed by atoms with Crippen LogP contribution in [-0.2, 0) is 9.53 Å². The Hall–Kier alpha value is -1.30. The van der Waals surface area contributed by atoms with E-state index in [1.807, 2.05) is 20.8 Å². The lowest BCUT2D eigenvalue weighted by Gasteiger charge is -2.30. The van der Waals surface area contributed by atoms with Crippen molar-refractivity contribution in [3.8, 4) is 0 Å². The molecule has 0 unspecified atom stereocenters. The quantitative estimate of drug-likeness (QED) is 0.320. The normalized spacial score (nSPS) is 17.4. The molecule has 25 heavy (non-hydrogen) atoms. The summed E-state index contributed by atoms with van der Waals surface area (Å²) in [5, 5.41) is 9.52. The van der Waals surface area contributed by atoms with Crippen molar-refractivity contribution in [1.29, 1.82) is 0 Å². The standard InChI is InChI=1S/C19H38N4O2/c1-6-21-17(22-14-18(3,4)16(24)20-5)23-15-19(10-8-9-11-19)12-13-25-7-2/h6-15H2,1-5H3,(H,20,24)(H2,21,22,23). The highest BCUT2D eigenvalue weighted by atomic mass is 16.5. The number of ether oxygens (including phenoxy) is 1. The number of carbonyl (C=O) groups is 1. The van der Waals surface area contributed by atoms with Gasteiger partial charge in [0.2, 0.25) is 5.91 Å². The molecular formula is C19H38N4O2. The van der Waals surface area contributed by atoms with Gasteiger partial charge in [-0.3, -0.25) is 9.79 Å². The van der Waals surface area contributed by atoms with Gasteiger partial charge in [0.15, 0.2) is 5.96 Å².